The molecule has 1 aliphatic rings. The Bertz CT molecular complexity index is 440. The van der Waals surface area contributed by atoms with Crippen LogP contribution in [0, 0.1) is 5.82 Å². The van der Waals surface area contributed by atoms with Gasteiger partial charge in [-0.15, -0.1) is 0 Å². The smallest absolute Gasteiger partial charge is 0.228 e. The molecule has 0 atom stereocenters. The molecule has 0 radical (unpaired) electrons. The van der Waals surface area contributed by atoms with Crippen molar-refractivity contribution in [2.24, 2.45) is 0 Å². The predicted molar refractivity (Wildman–Crippen MR) is 53.8 cm³/mol. The molecule has 3 nitrogen and oxygen atoms in total. The highest BCUT2D eigenvalue weighted by atomic mass is 19.1. The van der Waals surface area contributed by atoms with Gasteiger partial charge in [0.05, 0.1) is 13.5 Å². The summed E-state index contributed by atoms with van der Waals surface area (Å²) in [5.74, 6) is -0.522. The fourth-order valence-corrected chi connectivity index (χ4v) is 1.54. The van der Waals surface area contributed by atoms with E-state index in [1.165, 1.54) is 13.3 Å². The van der Waals surface area contributed by atoms with Crippen LogP contribution < -0.4 is 10.1 Å². The summed E-state index contributed by atoms with van der Waals surface area (Å²) in [5, 5.41) is 2.53. The lowest BCUT2D eigenvalue weighted by molar-refractivity contribution is -0.119. The second-order valence-electron chi connectivity index (χ2n) is 3.23. The maximum atomic E-state index is 13.8. The average Bonchev–Trinajstić information content (AvgIpc) is 2.41. The zero-order valence-corrected chi connectivity index (χ0v) is 8.21. The normalized spacial score (nSPS) is 14.1. The fraction of sp³-hybridized carbons (Fsp3) is 0.182. The van der Waals surface area contributed by atoms with Crippen molar-refractivity contribution < 1.29 is 13.9 Å². The molecule has 0 spiro atoms. The SMILES string of the molecule is COc1ccc2c(c1F)CC(=O)NC=C2. The predicted octanol–water partition coefficient (Wildman–Crippen LogP) is 1.48. The van der Waals surface area contributed by atoms with E-state index in [9.17, 15) is 9.18 Å². The molecule has 4 heteroatoms. The average molecular weight is 207 g/mol. The Labute approximate surface area is 86.6 Å². The lowest BCUT2D eigenvalue weighted by Gasteiger charge is -2.08. The third-order valence-corrected chi connectivity index (χ3v) is 2.31. The van der Waals surface area contributed by atoms with Gasteiger partial charge in [-0.05, 0) is 17.7 Å². The van der Waals surface area contributed by atoms with Crippen LogP contribution in [-0.2, 0) is 11.2 Å². The summed E-state index contributed by atoms with van der Waals surface area (Å²) in [4.78, 5) is 11.2. The van der Waals surface area contributed by atoms with Gasteiger partial charge < -0.3 is 10.1 Å². The molecule has 0 aliphatic carbocycles. The lowest BCUT2D eigenvalue weighted by Crippen LogP contribution is -2.18. The number of methoxy groups -OCH3 is 1. The number of fused-ring (bicyclic) bond motifs is 1. The van der Waals surface area contributed by atoms with Gasteiger partial charge in [-0.3, -0.25) is 4.79 Å². The van der Waals surface area contributed by atoms with E-state index in [1.807, 2.05) is 0 Å². The minimum absolute atomic E-state index is 0.0331. The molecule has 0 saturated carbocycles. The number of ether oxygens (including phenoxy) is 1. The number of benzene rings is 1. The van der Waals surface area contributed by atoms with E-state index in [2.05, 4.69) is 5.32 Å². The summed E-state index contributed by atoms with van der Waals surface area (Å²) in [6, 6.07) is 3.28. The van der Waals surface area contributed by atoms with Crippen LogP contribution in [0.1, 0.15) is 11.1 Å². The van der Waals surface area contributed by atoms with Crippen LogP contribution in [0.15, 0.2) is 18.3 Å². The van der Waals surface area contributed by atoms with E-state index in [-0.39, 0.29) is 18.1 Å². The Morgan fingerprint density at radius 2 is 2.27 bits per heavy atom. The largest absolute Gasteiger partial charge is 0.494 e. The van der Waals surface area contributed by atoms with Crippen molar-refractivity contribution in [3.05, 3.63) is 35.3 Å². The first kappa shape index (κ1) is 9.71. The maximum absolute atomic E-state index is 13.8. The monoisotopic (exact) mass is 207 g/mol. The van der Waals surface area contributed by atoms with Gasteiger partial charge in [0.15, 0.2) is 11.6 Å². The summed E-state index contributed by atoms with van der Waals surface area (Å²) in [6.45, 7) is 0. The molecule has 1 aliphatic heterocycles. The number of hydrogen-bond donors (Lipinski definition) is 1. The van der Waals surface area contributed by atoms with Crippen molar-refractivity contribution in [2.75, 3.05) is 7.11 Å². The highest BCUT2D eigenvalue weighted by molar-refractivity contribution is 5.83. The van der Waals surface area contributed by atoms with Crippen molar-refractivity contribution in [3.8, 4) is 5.75 Å². The van der Waals surface area contributed by atoms with Crippen molar-refractivity contribution in [1.29, 1.82) is 0 Å². The van der Waals surface area contributed by atoms with Crippen LogP contribution in [-0.4, -0.2) is 13.0 Å². The molecule has 1 heterocycles. The first-order chi connectivity index (χ1) is 7.22. The van der Waals surface area contributed by atoms with Gasteiger partial charge >= 0.3 is 0 Å². The molecule has 0 saturated heterocycles. The van der Waals surface area contributed by atoms with Crippen molar-refractivity contribution in [3.63, 3.8) is 0 Å². The van der Waals surface area contributed by atoms with E-state index < -0.39 is 5.82 Å². The molecule has 78 valence electrons. The molecule has 15 heavy (non-hydrogen) atoms. The number of nitrogens with one attached hydrogen (secondary N) is 1. The van der Waals surface area contributed by atoms with Gasteiger partial charge in [0, 0.05) is 11.8 Å². The number of halogens is 1. The van der Waals surface area contributed by atoms with Crippen LogP contribution in [0.5, 0.6) is 5.75 Å². The summed E-state index contributed by atoms with van der Waals surface area (Å²) in [5.41, 5.74) is 1.08. The topological polar surface area (TPSA) is 38.3 Å². The van der Waals surface area contributed by atoms with Crippen molar-refractivity contribution >= 4 is 12.0 Å². The Kier molecular flexibility index (Phi) is 2.41. The van der Waals surface area contributed by atoms with Crippen molar-refractivity contribution in [2.45, 2.75) is 6.42 Å². The first-order valence-corrected chi connectivity index (χ1v) is 4.53. The summed E-state index contributed by atoms with van der Waals surface area (Å²) in [7, 11) is 1.40. The van der Waals surface area contributed by atoms with E-state index in [4.69, 9.17) is 4.74 Å². The molecule has 0 fully saturated rings. The Morgan fingerprint density at radius 1 is 1.47 bits per heavy atom. The van der Waals surface area contributed by atoms with Gasteiger partial charge in [0.2, 0.25) is 5.91 Å². The molecule has 0 bridgehead atoms. The summed E-state index contributed by atoms with van der Waals surface area (Å²) >= 11 is 0. The van der Waals surface area contributed by atoms with Gasteiger partial charge in [0.1, 0.15) is 0 Å². The summed E-state index contributed by atoms with van der Waals surface area (Å²) in [6.07, 6.45) is 3.22. The van der Waals surface area contributed by atoms with Gasteiger partial charge in [-0.2, -0.15) is 0 Å². The maximum Gasteiger partial charge on any atom is 0.228 e. The molecular weight excluding hydrogens is 197 g/mol. The van der Waals surface area contributed by atoms with Crippen molar-refractivity contribution in [1.82, 2.24) is 5.32 Å². The third kappa shape index (κ3) is 1.70. The summed E-state index contributed by atoms with van der Waals surface area (Å²) < 4.78 is 18.6. The fourth-order valence-electron chi connectivity index (χ4n) is 1.54. The minimum atomic E-state index is -0.461. The Morgan fingerprint density at radius 3 is 3.00 bits per heavy atom. The van der Waals surface area contributed by atoms with Crippen LogP contribution in [0.3, 0.4) is 0 Å². The van der Waals surface area contributed by atoms with Crippen LogP contribution in [0.2, 0.25) is 0 Å². The first-order valence-electron chi connectivity index (χ1n) is 4.53. The highest BCUT2D eigenvalue weighted by Crippen LogP contribution is 2.25. The zero-order valence-electron chi connectivity index (χ0n) is 8.21. The molecule has 0 unspecified atom stereocenters. The van der Waals surface area contributed by atoms with E-state index >= 15 is 0 Å². The molecule has 1 aromatic rings. The number of hydrogen-bond acceptors (Lipinski definition) is 2. The van der Waals surface area contributed by atoms with Gasteiger partial charge in [-0.25, -0.2) is 4.39 Å². The molecule has 0 aromatic heterocycles. The second-order valence-corrected chi connectivity index (χ2v) is 3.23. The molecule has 1 amide bonds. The second kappa shape index (κ2) is 3.73. The van der Waals surface area contributed by atoms with Gasteiger partial charge in [-0.1, -0.05) is 6.07 Å². The minimum Gasteiger partial charge on any atom is -0.494 e. The van der Waals surface area contributed by atoms with Gasteiger partial charge in [0.25, 0.3) is 0 Å². The lowest BCUT2D eigenvalue weighted by atomic mass is 10.0. The van der Waals surface area contributed by atoms with E-state index in [0.29, 0.717) is 11.1 Å². The molecule has 2 rings (SSSR count). The number of carbonyl (C=O) groups is 1. The number of amides is 1. The van der Waals surface area contributed by atoms with Crippen LogP contribution in [0.25, 0.3) is 6.08 Å². The quantitative estimate of drug-likeness (QED) is 0.757. The van der Waals surface area contributed by atoms with E-state index in [0.717, 1.165) is 0 Å². The molecule has 1 N–H and O–H groups in total. The Balaban J connectivity index is 2.56. The Hall–Kier alpha value is -1.84. The van der Waals surface area contributed by atoms with Crippen LogP contribution in [0.4, 0.5) is 4.39 Å². The zero-order chi connectivity index (χ0) is 10.8. The van der Waals surface area contributed by atoms with Crippen LogP contribution >= 0.6 is 0 Å². The standard InChI is InChI=1S/C11H10FNO2/c1-15-9-3-2-7-4-5-13-10(14)6-8(7)11(9)12/h2-5H,6H2,1H3,(H,13,14). The highest BCUT2D eigenvalue weighted by Gasteiger charge is 2.17. The molecular formula is C11H10FNO2. The van der Waals surface area contributed by atoms with E-state index in [1.54, 1.807) is 18.2 Å². The number of rotatable bonds is 1. The number of carbonyl (C=O) groups excluding carboxylic acids is 1. The molecule has 1 aromatic carbocycles. The third-order valence-electron chi connectivity index (χ3n) is 2.31.